The molecule has 1 heterocycles. The Kier molecular flexibility index (Phi) is 7.02. The minimum Gasteiger partial charge on any atom is -0.493 e. The fourth-order valence-electron chi connectivity index (χ4n) is 3.02. The first-order valence-corrected chi connectivity index (χ1v) is 9.78. The number of benzene rings is 2. The number of esters is 1. The zero-order chi connectivity index (χ0) is 23.3. The van der Waals surface area contributed by atoms with Crippen molar-refractivity contribution in [3.05, 3.63) is 77.2 Å². The zero-order valence-corrected chi connectivity index (χ0v) is 17.3. The molecule has 3 aromatic rings. The normalized spacial score (nSPS) is 12.4. The minimum absolute atomic E-state index is 0.0936. The van der Waals surface area contributed by atoms with Gasteiger partial charge in [-0.1, -0.05) is 36.9 Å². The smallest absolute Gasteiger partial charge is 0.389 e. The molecule has 0 spiro atoms. The van der Waals surface area contributed by atoms with Crippen molar-refractivity contribution in [2.24, 2.45) is 5.92 Å². The van der Waals surface area contributed by atoms with Crippen molar-refractivity contribution in [2.45, 2.75) is 19.5 Å². The minimum atomic E-state index is -4.45. The van der Waals surface area contributed by atoms with Gasteiger partial charge in [0.15, 0.2) is 0 Å². The van der Waals surface area contributed by atoms with Crippen LogP contribution in [0.4, 0.5) is 13.2 Å². The highest BCUT2D eigenvalue weighted by molar-refractivity contribution is 5.87. The van der Waals surface area contributed by atoms with Gasteiger partial charge in [0.2, 0.25) is 0 Å². The predicted octanol–water partition coefficient (Wildman–Crippen LogP) is 5.53. The van der Waals surface area contributed by atoms with Gasteiger partial charge in [-0.05, 0) is 30.7 Å². The Morgan fingerprint density at radius 1 is 1.09 bits per heavy atom. The van der Waals surface area contributed by atoms with Crippen LogP contribution in [-0.2, 0) is 9.53 Å². The van der Waals surface area contributed by atoms with E-state index >= 15 is 0 Å². The monoisotopic (exact) mass is 446 g/mol. The van der Waals surface area contributed by atoms with Crippen molar-refractivity contribution in [3.8, 4) is 16.9 Å². The van der Waals surface area contributed by atoms with Crippen molar-refractivity contribution >= 4 is 16.9 Å². The van der Waals surface area contributed by atoms with Crippen LogP contribution < -0.4 is 10.4 Å². The number of hydrogen-bond acceptors (Lipinski definition) is 5. The first-order chi connectivity index (χ1) is 15.1. The highest BCUT2D eigenvalue weighted by atomic mass is 19.4. The Labute approximate surface area is 182 Å². The molecule has 1 atom stereocenters. The van der Waals surface area contributed by atoms with E-state index in [4.69, 9.17) is 13.9 Å². The molecule has 168 valence electrons. The summed E-state index contributed by atoms with van der Waals surface area (Å²) in [6.07, 6.45) is -5.63. The van der Waals surface area contributed by atoms with Gasteiger partial charge in [0.25, 0.3) is 0 Å². The maximum atomic E-state index is 12.9. The Balaban J connectivity index is 1.75. The molecule has 3 rings (SSSR count). The summed E-state index contributed by atoms with van der Waals surface area (Å²) in [5.74, 6) is -1.65. The van der Waals surface area contributed by atoms with Gasteiger partial charge in [-0.3, -0.25) is 0 Å². The highest BCUT2D eigenvalue weighted by Gasteiger charge is 2.33. The molecule has 0 N–H and O–H groups in total. The van der Waals surface area contributed by atoms with E-state index < -0.39 is 36.7 Å². The summed E-state index contributed by atoms with van der Waals surface area (Å²) < 4.78 is 54.4. The van der Waals surface area contributed by atoms with Crippen molar-refractivity contribution in [2.75, 3.05) is 13.2 Å². The van der Waals surface area contributed by atoms with Gasteiger partial charge in [-0.15, -0.1) is 0 Å². The van der Waals surface area contributed by atoms with Gasteiger partial charge in [0, 0.05) is 22.9 Å². The summed E-state index contributed by atoms with van der Waals surface area (Å²) in [4.78, 5) is 23.9. The Hall–Kier alpha value is -3.55. The van der Waals surface area contributed by atoms with Crippen LogP contribution in [-0.4, -0.2) is 25.4 Å². The molecule has 0 radical (unpaired) electrons. The van der Waals surface area contributed by atoms with Crippen LogP contribution in [0.3, 0.4) is 0 Å². The van der Waals surface area contributed by atoms with E-state index in [1.165, 1.54) is 13.0 Å². The van der Waals surface area contributed by atoms with Crippen molar-refractivity contribution in [1.29, 1.82) is 0 Å². The summed E-state index contributed by atoms with van der Waals surface area (Å²) in [6, 6.07) is 15.4. The van der Waals surface area contributed by atoms with E-state index in [-0.39, 0.29) is 23.5 Å². The van der Waals surface area contributed by atoms with Crippen molar-refractivity contribution in [1.82, 2.24) is 0 Å². The van der Waals surface area contributed by atoms with Crippen LogP contribution in [0.15, 0.2) is 76.0 Å². The molecule has 0 aliphatic carbocycles. The van der Waals surface area contributed by atoms with Gasteiger partial charge >= 0.3 is 17.8 Å². The predicted molar refractivity (Wildman–Crippen MR) is 113 cm³/mol. The second-order valence-electron chi connectivity index (χ2n) is 7.39. The van der Waals surface area contributed by atoms with E-state index in [9.17, 15) is 22.8 Å². The van der Waals surface area contributed by atoms with Crippen LogP contribution in [0.5, 0.6) is 5.75 Å². The van der Waals surface area contributed by atoms with Crippen LogP contribution in [0.2, 0.25) is 0 Å². The third kappa shape index (κ3) is 6.23. The summed E-state index contributed by atoms with van der Waals surface area (Å²) >= 11 is 0. The molecule has 8 heteroatoms. The third-order valence-electron chi connectivity index (χ3n) is 4.60. The number of rotatable bonds is 8. The number of hydrogen-bond donors (Lipinski definition) is 0. The lowest BCUT2D eigenvalue weighted by Crippen LogP contribution is -2.26. The number of alkyl halides is 3. The number of fused-ring (bicyclic) bond motifs is 1. The molecule has 0 aliphatic rings. The third-order valence-corrected chi connectivity index (χ3v) is 4.60. The molecule has 2 aromatic carbocycles. The van der Waals surface area contributed by atoms with Gasteiger partial charge < -0.3 is 13.9 Å². The van der Waals surface area contributed by atoms with Crippen molar-refractivity contribution in [3.63, 3.8) is 0 Å². The van der Waals surface area contributed by atoms with Gasteiger partial charge in [-0.2, -0.15) is 13.2 Å². The molecule has 5 nitrogen and oxygen atoms in total. The van der Waals surface area contributed by atoms with Gasteiger partial charge in [0.1, 0.15) is 11.3 Å². The van der Waals surface area contributed by atoms with Gasteiger partial charge in [-0.25, -0.2) is 9.59 Å². The molecule has 0 bridgehead atoms. The first-order valence-electron chi connectivity index (χ1n) is 9.78. The quantitative estimate of drug-likeness (QED) is 0.259. The summed E-state index contributed by atoms with van der Waals surface area (Å²) in [5, 5.41) is 0.637. The molecule has 0 saturated carbocycles. The standard InChI is InChI=1S/C24H21F3O5/c1-15(2)22(28)31-14-16(12-24(25,26)27)13-30-19-9-8-18-10-20(17-6-4-3-5-7-17)23(29)32-21(18)11-19/h3-11,16H,1,12-14H2,2H3. The number of carbonyl (C=O) groups excluding carboxylic acids is 1. The second kappa shape index (κ2) is 9.72. The number of halogens is 3. The zero-order valence-electron chi connectivity index (χ0n) is 17.3. The maximum absolute atomic E-state index is 12.9. The van der Waals surface area contributed by atoms with Crippen LogP contribution in [0.25, 0.3) is 22.1 Å². The summed E-state index contributed by atoms with van der Waals surface area (Å²) in [6.45, 7) is 3.99. The van der Waals surface area contributed by atoms with E-state index in [0.29, 0.717) is 16.5 Å². The van der Waals surface area contributed by atoms with Crippen LogP contribution >= 0.6 is 0 Å². The average Bonchev–Trinajstić information content (AvgIpc) is 2.74. The molecule has 1 aromatic heterocycles. The van der Waals surface area contributed by atoms with E-state index in [1.54, 1.807) is 42.5 Å². The fraction of sp³-hybridized carbons (Fsp3) is 0.250. The molecule has 32 heavy (non-hydrogen) atoms. The topological polar surface area (TPSA) is 65.7 Å². The Bertz CT molecular complexity index is 1170. The highest BCUT2D eigenvalue weighted by Crippen LogP contribution is 2.28. The molecular formula is C24H21F3O5. The SMILES string of the molecule is C=C(C)C(=O)OCC(COc1ccc2cc(-c3ccccc3)c(=O)oc2c1)CC(F)(F)F. The fourth-order valence-corrected chi connectivity index (χ4v) is 3.02. The molecule has 1 unspecified atom stereocenters. The lowest BCUT2D eigenvalue weighted by Gasteiger charge is -2.19. The summed E-state index contributed by atoms with van der Waals surface area (Å²) in [7, 11) is 0. The number of ether oxygens (including phenoxy) is 2. The van der Waals surface area contributed by atoms with Crippen LogP contribution in [0.1, 0.15) is 13.3 Å². The lowest BCUT2D eigenvalue weighted by molar-refractivity contribution is -0.158. The lowest BCUT2D eigenvalue weighted by atomic mass is 10.1. The molecule has 0 amide bonds. The largest absolute Gasteiger partial charge is 0.493 e. The van der Waals surface area contributed by atoms with E-state index in [1.807, 2.05) is 6.07 Å². The Morgan fingerprint density at radius 3 is 2.47 bits per heavy atom. The van der Waals surface area contributed by atoms with Gasteiger partial charge in [0.05, 0.1) is 25.2 Å². The second-order valence-corrected chi connectivity index (χ2v) is 7.39. The van der Waals surface area contributed by atoms with E-state index in [2.05, 4.69) is 6.58 Å². The average molecular weight is 446 g/mol. The summed E-state index contributed by atoms with van der Waals surface area (Å²) in [5.41, 5.74) is 0.908. The Morgan fingerprint density at radius 2 is 1.81 bits per heavy atom. The molecular weight excluding hydrogens is 425 g/mol. The van der Waals surface area contributed by atoms with Crippen LogP contribution in [0, 0.1) is 5.92 Å². The molecule has 0 fully saturated rings. The number of carbonyl (C=O) groups is 1. The van der Waals surface area contributed by atoms with Crippen molar-refractivity contribution < 1.29 is 31.9 Å². The molecule has 0 saturated heterocycles. The maximum Gasteiger partial charge on any atom is 0.389 e. The first kappa shape index (κ1) is 23.1. The van der Waals surface area contributed by atoms with E-state index in [0.717, 1.165) is 0 Å². The molecule has 0 aliphatic heterocycles.